The van der Waals surface area contributed by atoms with Crippen molar-refractivity contribution in [1.82, 2.24) is 5.32 Å². The highest BCUT2D eigenvalue weighted by molar-refractivity contribution is 5.82. The molecular formula is C24H34N2O2. The second-order valence-electron chi connectivity index (χ2n) is 8.43. The predicted molar refractivity (Wildman–Crippen MR) is 115 cm³/mol. The van der Waals surface area contributed by atoms with E-state index in [1.807, 2.05) is 74.5 Å². The highest BCUT2D eigenvalue weighted by Gasteiger charge is 2.41. The summed E-state index contributed by atoms with van der Waals surface area (Å²) < 4.78 is 0. The average Bonchev–Trinajstić information content (AvgIpc) is 2.67. The first-order chi connectivity index (χ1) is 13.2. The highest BCUT2D eigenvalue weighted by Crippen LogP contribution is 2.35. The Morgan fingerprint density at radius 1 is 0.893 bits per heavy atom. The van der Waals surface area contributed by atoms with E-state index in [1.165, 1.54) is 0 Å². The molecule has 4 N–H and O–H groups in total. The summed E-state index contributed by atoms with van der Waals surface area (Å²) in [6.45, 7) is 8.26. The van der Waals surface area contributed by atoms with Crippen LogP contribution in [0.1, 0.15) is 51.7 Å². The van der Waals surface area contributed by atoms with E-state index >= 15 is 0 Å². The van der Waals surface area contributed by atoms with Crippen LogP contribution in [0.5, 0.6) is 0 Å². The quantitative estimate of drug-likeness (QED) is 0.617. The third kappa shape index (κ3) is 5.43. The number of nitrogens with two attached hydrogens (primary N) is 1. The predicted octanol–water partition coefficient (Wildman–Crippen LogP) is 3.83. The summed E-state index contributed by atoms with van der Waals surface area (Å²) in [5, 5.41) is 15.1. The van der Waals surface area contributed by atoms with E-state index in [9.17, 15) is 9.90 Å². The first kappa shape index (κ1) is 22.1. The van der Waals surface area contributed by atoms with Crippen LogP contribution in [0, 0.1) is 11.8 Å². The molecule has 0 saturated carbocycles. The number of benzene rings is 2. The molecule has 152 valence electrons. The van der Waals surface area contributed by atoms with Gasteiger partial charge in [0.1, 0.15) is 5.60 Å². The van der Waals surface area contributed by atoms with Crippen molar-refractivity contribution < 1.29 is 9.90 Å². The Morgan fingerprint density at radius 2 is 1.32 bits per heavy atom. The van der Waals surface area contributed by atoms with Crippen molar-refractivity contribution in [2.24, 2.45) is 17.6 Å². The van der Waals surface area contributed by atoms with Crippen LogP contribution in [-0.4, -0.2) is 23.1 Å². The summed E-state index contributed by atoms with van der Waals surface area (Å²) in [6, 6.07) is 18.0. The van der Waals surface area contributed by atoms with Crippen molar-refractivity contribution in [3.8, 4) is 0 Å². The van der Waals surface area contributed by atoms with Gasteiger partial charge < -0.3 is 16.2 Å². The molecule has 0 heterocycles. The third-order valence-electron chi connectivity index (χ3n) is 5.02. The lowest BCUT2D eigenvalue weighted by Crippen LogP contribution is -2.55. The molecule has 2 rings (SSSR count). The smallest absolute Gasteiger partial charge is 0.237 e. The molecule has 4 nitrogen and oxygen atoms in total. The number of hydrogen-bond donors (Lipinski definition) is 3. The first-order valence-electron chi connectivity index (χ1n) is 10.1. The second kappa shape index (κ2) is 9.85. The Balaban J connectivity index is 2.47. The molecule has 4 heteroatoms. The Labute approximate surface area is 169 Å². The fraction of sp³-hybridized carbons (Fsp3) is 0.458. The zero-order valence-electron chi connectivity index (χ0n) is 17.4. The number of amides is 1. The minimum atomic E-state index is -1.35. The van der Waals surface area contributed by atoms with Gasteiger partial charge in [0.2, 0.25) is 5.91 Å². The molecule has 0 radical (unpaired) electrons. The maximum absolute atomic E-state index is 12.8. The van der Waals surface area contributed by atoms with Crippen molar-refractivity contribution in [2.75, 3.05) is 0 Å². The number of nitrogens with one attached hydrogen (secondary N) is 1. The molecule has 1 amide bonds. The average molecular weight is 383 g/mol. The Morgan fingerprint density at radius 3 is 1.71 bits per heavy atom. The molecule has 2 aromatic carbocycles. The lowest BCUT2D eigenvalue weighted by Gasteiger charge is -2.39. The molecule has 28 heavy (non-hydrogen) atoms. The molecule has 0 saturated heterocycles. The van der Waals surface area contributed by atoms with E-state index < -0.39 is 17.7 Å². The molecule has 0 aliphatic carbocycles. The minimum absolute atomic E-state index is 0.218. The highest BCUT2D eigenvalue weighted by atomic mass is 16.3. The van der Waals surface area contributed by atoms with Crippen LogP contribution >= 0.6 is 0 Å². The largest absolute Gasteiger partial charge is 0.378 e. The molecular weight excluding hydrogens is 348 g/mol. The van der Waals surface area contributed by atoms with Crippen molar-refractivity contribution in [3.63, 3.8) is 0 Å². The lowest BCUT2D eigenvalue weighted by molar-refractivity contribution is -0.125. The molecule has 0 unspecified atom stereocenters. The van der Waals surface area contributed by atoms with Gasteiger partial charge in [-0.1, -0.05) is 88.4 Å². The van der Waals surface area contributed by atoms with Gasteiger partial charge in [0.05, 0.1) is 12.1 Å². The zero-order valence-corrected chi connectivity index (χ0v) is 17.4. The maximum Gasteiger partial charge on any atom is 0.237 e. The minimum Gasteiger partial charge on any atom is -0.378 e. The van der Waals surface area contributed by atoms with Gasteiger partial charge in [-0.3, -0.25) is 4.79 Å². The molecule has 2 aromatic rings. The molecule has 0 bridgehead atoms. The molecule has 0 spiro atoms. The van der Waals surface area contributed by atoms with Crippen LogP contribution in [0.3, 0.4) is 0 Å². The van der Waals surface area contributed by atoms with Gasteiger partial charge in [-0.05, 0) is 35.8 Å². The lowest BCUT2D eigenvalue weighted by atomic mass is 9.77. The van der Waals surface area contributed by atoms with E-state index in [2.05, 4.69) is 19.2 Å². The van der Waals surface area contributed by atoms with Crippen LogP contribution in [0.25, 0.3) is 0 Å². The molecule has 0 aromatic heterocycles. The summed E-state index contributed by atoms with van der Waals surface area (Å²) in [7, 11) is 0. The van der Waals surface area contributed by atoms with Crippen LogP contribution < -0.4 is 11.1 Å². The number of hydrogen-bond acceptors (Lipinski definition) is 3. The number of carbonyl (C=O) groups excluding carboxylic acids is 1. The van der Waals surface area contributed by atoms with Crippen molar-refractivity contribution in [2.45, 2.75) is 58.2 Å². The van der Waals surface area contributed by atoms with E-state index in [-0.39, 0.29) is 11.8 Å². The second-order valence-corrected chi connectivity index (χ2v) is 8.43. The summed E-state index contributed by atoms with van der Waals surface area (Å²) in [6.07, 6.45) is 1.23. The summed E-state index contributed by atoms with van der Waals surface area (Å²) in [5.74, 6) is 0.390. The van der Waals surface area contributed by atoms with E-state index in [0.29, 0.717) is 18.8 Å². The molecule has 2 atom stereocenters. The van der Waals surface area contributed by atoms with Crippen LogP contribution in [0.4, 0.5) is 0 Å². The topological polar surface area (TPSA) is 75.4 Å². The summed E-state index contributed by atoms with van der Waals surface area (Å²) in [5.41, 5.74) is 6.29. The Bertz CT molecular complexity index is 689. The van der Waals surface area contributed by atoms with Gasteiger partial charge in [0.15, 0.2) is 0 Å². The van der Waals surface area contributed by atoms with Gasteiger partial charge >= 0.3 is 0 Å². The third-order valence-corrected chi connectivity index (χ3v) is 5.02. The SMILES string of the molecule is CC(C)C[C@H](N)C(=O)N[C@H](CC(C)C)C(O)(c1ccccc1)c1ccccc1. The first-order valence-corrected chi connectivity index (χ1v) is 10.1. The summed E-state index contributed by atoms with van der Waals surface area (Å²) >= 11 is 0. The van der Waals surface area contributed by atoms with Crippen LogP contribution in [-0.2, 0) is 10.4 Å². The summed E-state index contributed by atoms with van der Waals surface area (Å²) in [4.78, 5) is 12.8. The number of carbonyl (C=O) groups is 1. The van der Waals surface area contributed by atoms with Crippen molar-refractivity contribution in [1.29, 1.82) is 0 Å². The van der Waals surface area contributed by atoms with E-state index in [1.54, 1.807) is 0 Å². The standard InChI is InChI=1S/C24H34N2O2/c1-17(2)15-21(25)23(27)26-22(16-18(3)4)24(28,19-11-7-5-8-12-19)20-13-9-6-10-14-20/h5-14,17-18,21-22,28H,15-16,25H2,1-4H3,(H,26,27)/t21-,22+/m0/s1. The van der Waals surface area contributed by atoms with Crippen molar-refractivity contribution in [3.05, 3.63) is 71.8 Å². The van der Waals surface area contributed by atoms with Crippen LogP contribution in [0.2, 0.25) is 0 Å². The van der Waals surface area contributed by atoms with Crippen LogP contribution in [0.15, 0.2) is 60.7 Å². The van der Waals surface area contributed by atoms with E-state index in [4.69, 9.17) is 5.73 Å². The molecule has 0 aliphatic heterocycles. The number of rotatable bonds is 9. The normalized spacial score (nSPS) is 14.1. The van der Waals surface area contributed by atoms with E-state index in [0.717, 1.165) is 11.1 Å². The Hall–Kier alpha value is -2.17. The fourth-order valence-corrected chi connectivity index (χ4v) is 3.65. The maximum atomic E-state index is 12.8. The van der Waals surface area contributed by atoms with Gasteiger partial charge in [0, 0.05) is 0 Å². The van der Waals surface area contributed by atoms with Gasteiger partial charge in [-0.15, -0.1) is 0 Å². The van der Waals surface area contributed by atoms with Crippen molar-refractivity contribution >= 4 is 5.91 Å². The zero-order chi connectivity index (χ0) is 20.7. The molecule has 0 aliphatic rings. The monoisotopic (exact) mass is 382 g/mol. The van der Waals surface area contributed by atoms with Gasteiger partial charge in [-0.2, -0.15) is 0 Å². The molecule has 0 fully saturated rings. The number of aliphatic hydroxyl groups is 1. The van der Waals surface area contributed by atoms with Gasteiger partial charge in [-0.25, -0.2) is 0 Å². The Kier molecular flexibility index (Phi) is 7.78. The van der Waals surface area contributed by atoms with Gasteiger partial charge in [0.25, 0.3) is 0 Å². The fourth-order valence-electron chi connectivity index (χ4n) is 3.65.